The van der Waals surface area contributed by atoms with E-state index in [-0.39, 0.29) is 17.9 Å². The number of para-hydroxylation sites is 2. The summed E-state index contributed by atoms with van der Waals surface area (Å²) >= 11 is 0. The van der Waals surface area contributed by atoms with Gasteiger partial charge in [0.2, 0.25) is 0 Å². The molecule has 0 spiro atoms. The zero-order valence-electron chi connectivity index (χ0n) is 22.1. The lowest BCUT2D eigenvalue weighted by Gasteiger charge is -2.34. The van der Waals surface area contributed by atoms with Crippen molar-refractivity contribution in [1.82, 2.24) is 0 Å². The highest BCUT2D eigenvalue weighted by Gasteiger charge is 2.50. The van der Waals surface area contributed by atoms with E-state index in [1.807, 2.05) is 0 Å². The molecule has 0 amide bonds. The van der Waals surface area contributed by atoms with Gasteiger partial charge in [0.05, 0.1) is 5.60 Å². The van der Waals surface area contributed by atoms with Gasteiger partial charge in [-0.2, -0.15) is 0 Å². The van der Waals surface area contributed by atoms with Crippen molar-refractivity contribution >= 4 is 34.3 Å². The van der Waals surface area contributed by atoms with Gasteiger partial charge in [-0.1, -0.05) is 92.7 Å². The summed E-state index contributed by atoms with van der Waals surface area (Å²) < 4.78 is 13.4. The van der Waals surface area contributed by atoms with Crippen molar-refractivity contribution in [2.45, 2.75) is 53.5 Å². The van der Waals surface area contributed by atoms with Crippen molar-refractivity contribution in [3.8, 4) is 22.3 Å². The summed E-state index contributed by atoms with van der Waals surface area (Å²) in [5.74, 6) is 0. The first kappa shape index (κ1) is 23.1. The summed E-state index contributed by atoms with van der Waals surface area (Å²) in [6.07, 6.45) is 0.973. The molecule has 0 unspecified atom stereocenters. The molecule has 0 aliphatic carbocycles. The average Bonchev–Trinajstić information content (AvgIpc) is 3.33. The molecule has 0 atom stereocenters. The van der Waals surface area contributed by atoms with E-state index in [0.717, 1.165) is 39.3 Å². The SMILES string of the molecule is Cc1ccccc1-c1cccc(-c2cccc3c2oc2c(B4CC(C)(C)C(C)(C)O4)cccc23)c1C. The monoisotopic (exact) mass is 472 g/mol. The number of rotatable bonds is 3. The highest BCUT2D eigenvalue weighted by Crippen LogP contribution is 2.46. The van der Waals surface area contributed by atoms with Crippen LogP contribution in [-0.2, 0) is 4.65 Å². The molecule has 2 nitrogen and oxygen atoms in total. The minimum Gasteiger partial charge on any atom is -0.456 e. The third-order valence-electron chi connectivity index (χ3n) is 8.72. The van der Waals surface area contributed by atoms with Crippen LogP contribution in [0, 0.1) is 19.3 Å². The second-order valence-corrected chi connectivity index (χ2v) is 11.5. The van der Waals surface area contributed by atoms with E-state index < -0.39 is 0 Å². The van der Waals surface area contributed by atoms with Crippen LogP contribution in [0.25, 0.3) is 44.2 Å². The Morgan fingerprint density at radius 1 is 0.639 bits per heavy atom. The fraction of sp³-hybridized carbons (Fsp3) is 0.273. The lowest BCUT2D eigenvalue weighted by Crippen LogP contribution is -2.36. The minimum atomic E-state index is -0.190. The van der Waals surface area contributed by atoms with Crippen molar-refractivity contribution in [3.63, 3.8) is 0 Å². The summed E-state index contributed by atoms with van der Waals surface area (Å²) in [6, 6.07) is 28.2. The first-order valence-electron chi connectivity index (χ1n) is 13.0. The smallest absolute Gasteiger partial charge is 0.331 e. The molecule has 0 radical (unpaired) electrons. The van der Waals surface area contributed by atoms with Crippen LogP contribution in [0.5, 0.6) is 0 Å². The molecule has 1 aliphatic heterocycles. The van der Waals surface area contributed by atoms with Gasteiger partial charge in [-0.15, -0.1) is 0 Å². The van der Waals surface area contributed by atoms with Gasteiger partial charge in [0.15, 0.2) is 0 Å². The Bertz CT molecular complexity index is 1610. The Balaban J connectivity index is 1.54. The molecular formula is C33H33BO2. The Labute approximate surface area is 214 Å². The summed E-state index contributed by atoms with van der Waals surface area (Å²) in [5.41, 5.74) is 10.4. The van der Waals surface area contributed by atoms with Gasteiger partial charge in [0.25, 0.3) is 0 Å². The summed E-state index contributed by atoms with van der Waals surface area (Å²) in [5, 5.41) is 2.31. The molecule has 0 saturated carbocycles. The molecule has 1 aliphatic rings. The number of fused-ring (bicyclic) bond motifs is 3. The number of benzene rings is 4. The first-order chi connectivity index (χ1) is 17.2. The Hall–Kier alpha value is -3.30. The fourth-order valence-electron chi connectivity index (χ4n) is 5.84. The molecule has 180 valence electrons. The summed E-state index contributed by atoms with van der Waals surface area (Å²) in [7, 11) is 0. The van der Waals surface area contributed by atoms with Gasteiger partial charge in [-0.3, -0.25) is 0 Å². The van der Waals surface area contributed by atoms with Crippen LogP contribution in [0.3, 0.4) is 0 Å². The molecule has 2 heterocycles. The van der Waals surface area contributed by atoms with E-state index in [0.29, 0.717) is 0 Å². The van der Waals surface area contributed by atoms with Crippen LogP contribution < -0.4 is 5.46 Å². The number of furan rings is 1. The predicted molar refractivity (Wildman–Crippen MR) is 153 cm³/mol. The maximum Gasteiger partial charge on any atom is 0.331 e. The van der Waals surface area contributed by atoms with E-state index in [4.69, 9.17) is 9.07 Å². The average molecular weight is 472 g/mol. The normalized spacial score (nSPS) is 16.8. The van der Waals surface area contributed by atoms with E-state index in [1.165, 1.54) is 27.8 Å². The van der Waals surface area contributed by atoms with Crippen LogP contribution in [0.15, 0.2) is 83.3 Å². The molecular weight excluding hydrogens is 439 g/mol. The molecule has 1 saturated heterocycles. The van der Waals surface area contributed by atoms with Crippen LogP contribution >= 0.6 is 0 Å². The minimum absolute atomic E-state index is 0.0221. The van der Waals surface area contributed by atoms with Crippen molar-refractivity contribution in [3.05, 3.63) is 90.0 Å². The second kappa shape index (κ2) is 8.11. The highest BCUT2D eigenvalue weighted by atomic mass is 16.5. The predicted octanol–water partition coefficient (Wildman–Crippen LogP) is 8.57. The first-order valence-corrected chi connectivity index (χ1v) is 13.0. The zero-order chi connectivity index (χ0) is 25.2. The molecule has 6 rings (SSSR count). The van der Waals surface area contributed by atoms with Gasteiger partial charge in [-0.25, -0.2) is 0 Å². The molecule has 5 aromatic rings. The Morgan fingerprint density at radius 2 is 1.22 bits per heavy atom. The largest absolute Gasteiger partial charge is 0.456 e. The van der Waals surface area contributed by atoms with E-state index in [9.17, 15) is 0 Å². The van der Waals surface area contributed by atoms with Crippen molar-refractivity contribution in [1.29, 1.82) is 0 Å². The van der Waals surface area contributed by atoms with Crippen LogP contribution in [-0.4, -0.2) is 12.5 Å². The van der Waals surface area contributed by atoms with Crippen molar-refractivity contribution in [2.24, 2.45) is 5.41 Å². The molecule has 0 N–H and O–H groups in total. The third-order valence-corrected chi connectivity index (χ3v) is 8.72. The number of hydrogen-bond donors (Lipinski definition) is 0. The lowest BCUT2D eigenvalue weighted by molar-refractivity contribution is 0.0375. The number of hydrogen-bond acceptors (Lipinski definition) is 2. The van der Waals surface area contributed by atoms with Crippen molar-refractivity contribution < 1.29 is 9.07 Å². The van der Waals surface area contributed by atoms with Gasteiger partial charge in [-0.05, 0) is 72.7 Å². The molecule has 1 fully saturated rings. The molecule has 1 aromatic heterocycles. The Morgan fingerprint density at radius 3 is 1.92 bits per heavy atom. The van der Waals surface area contributed by atoms with Crippen LogP contribution in [0.2, 0.25) is 6.32 Å². The third kappa shape index (κ3) is 3.44. The standard InChI is InChI=1S/C33H33BO2/c1-21-12-7-8-13-23(21)24-14-9-15-25(22(24)2)26-16-10-17-27-28-18-11-19-29(31(28)35-30(26)27)34-20-32(3,4)33(5,6)36-34/h7-19H,20H2,1-6H3. The quantitative estimate of drug-likeness (QED) is 0.245. The summed E-state index contributed by atoms with van der Waals surface area (Å²) in [6.45, 7) is 13.4. The fourth-order valence-corrected chi connectivity index (χ4v) is 5.84. The summed E-state index contributed by atoms with van der Waals surface area (Å²) in [4.78, 5) is 0. The maximum atomic E-state index is 6.76. The lowest BCUT2D eigenvalue weighted by atomic mass is 9.54. The zero-order valence-corrected chi connectivity index (χ0v) is 22.1. The van der Waals surface area contributed by atoms with E-state index in [2.05, 4.69) is 120 Å². The molecule has 3 heteroatoms. The molecule has 36 heavy (non-hydrogen) atoms. The highest BCUT2D eigenvalue weighted by molar-refractivity contribution is 6.70. The van der Waals surface area contributed by atoms with Crippen LogP contribution in [0.1, 0.15) is 38.8 Å². The molecule has 4 aromatic carbocycles. The van der Waals surface area contributed by atoms with Gasteiger partial charge >= 0.3 is 6.92 Å². The topological polar surface area (TPSA) is 22.4 Å². The second-order valence-electron chi connectivity index (χ2n) is 11.5. The van der Waals surface area contributed by atoms with Gasteiger partial charge < -0.3 is 9.07 Å². The van der Waals surface area contributed by atoms with E-state index >= 15 is 0 Å². The van der Waals surface area contributed by atoms with Crippen molar-refractivity contribution in [2.75, 3.05) is 0 Å². The van der Waals surface area contributed by atoms with Gasteiger partial charge in [0, 0.05) is 16.3 Å². The van der Waals surface area contributed by atoms with Crippen LogP contribution in [0.4, 0.5) is 0 Å². The van der Waals surface area contributed by atoms with Gasteiger partial charge in [0.1, 0.15) is 11.2 Å². The molecule has 0 bridgehead atoms. The maximum absolute atomic E-state index is 6.76. The van der Waals surface area contributed by atoms with E-state index in [1.54, 1.807) is 0 Å². The number of aryl methyl sites for hydroxylation is 1. The Kier molecular flexibility index (Phi) is 5.21.